The molecule has 94 valence electrons. The summed E-state index contributed by atoms with van der Waals surface area (Å²) >= 11 is 0. The molecule has 0 aliphatic carbocycles. The van der Waals surface area contributed by atoms with Crippen molar-refractivity contribution in [1.82, 2.24) is 10.2 Å². The van der Waals surface area contributed by atoms with Gasteiger partial charge in [-0.1, -0.05) is 11.6 Å². The molecule has 0 radical (unpaired) electrons. The van der Waals surface area contributed by atoms with E-state index in [1.807, 2.05) is 0 Å². The van der Waals surface area contributed by atoms with E-state index in [9.17, 15) is 4.39 Å². The molecule has 0 aromatic heterocycles. The van der Waals surface area contributed by atoms with Gasteiger partial charge < -0.3 is 10.2 Å². The first-order valence-electron chi connectivity index (χ1n) is 6.29. The van der Waals surface area contributed by atoms with Crippen molar-refractivity contribution in [1.29, 1.82) is 0 Å². The maximum Gasteiger partial charge on any atom is 0.117 e. The molecule has 0 amide bonds. The molecule has 2 unspecified atom stereocenters. The van der Waals surface area contributed by atoms with Crippen LogP contribution in [-0.4, -0.2) is 43.8 Å². The van der Waals surface area contributed by atoms with E-state index in [1.54, 1.807) is 0 Å². The molecular formula is C13H25FN2. The van der Waals surface area contributed by atoms with Gasteiger partial charge in [-0.15, -0.1) is 0 Å². The van der Waals surface area contributed by atoms with Gasteiger partial charge in [-0.2, -0.15) is 0 Å². The molecule has 1 rings (SSSR count). The Morgan fingerprint density at radius 2 is 2.19 bits per heavy atom. The van der Waals surface area contributed by atoms with E-state index in [0.717, 1.165) is 32.5 Å². The Kier molecular flexibility index (Phi) is 5.99. The molecule has 0 aromatic carbocycles. The van der Waals surface area contributed by atoms with Crippen molar-refractivity contribution < 1.29 is 4.39 Å². The molecule has 1 aliphatic rings. The summed E-state index contributed by atoms with van der Waals surface area (Å²) in [6, 6.07) is 0.0888. The Morgan fingerprint density at radius 3 is 2.75 bits per heavy atom. The summed E-state index contributed by atoms with van der Waals surface area (Å²) < 4.78 is 13.3. The molecule has 0 bridgehead atoms. The predicted octanol–water partition coefficient (Wildman–Crippen LogP) is 2.36. The van der Waals surface area contributed by atoms with Gasteiger partial charge >= 0.3 is 0 Å². The van der Waals surface area contributed by atoms with Crippen molar-refractivity contribution >= 4 is 0 Å². The number of hydrogen-bond acceptors (Lipinski definition) is 2. The average molecular weight is 228 g/mol. The van der Waals surface area contributed by atoms with Crippen molar-refractivity contribution in [3.8, 4) is 0 Å². The lowest BCUT2D eigenvalue weighted by atomic mass is 10.1. The van der Waals surface area contributed by atoms with E-state index in [-0.39, 0.29) is 6.04 Å². The van der Waals surface area contributed by atoms with Crippen LogP contribution in [0.5, 0.6) is 0 Å². The molecule has 1 aliphatic heterocycles. The van der Waals surface area contributed by atoms with Gasteiger partial charge in [0, 0.05) is 12.6 Å². The van der Waals surface area contributed by atoms with Crippen LogP contribution in [0.1, 0.15) is 33.1 Å². The molecule has 16 heavy (non-hydrogen) atoms. The number of alkyl halides is 1. The van der Waals surface area contributed by atoms with Gasteiger partial charge in [-0.3, -0.25) is 0 Å². The lowest BCUT2D eigenvalue weighted by Crippen LogP contribution is -2.33. The highest BCUT2D eigenvalue weighted by Gasteiger charge is 2.25. The molecule has 1 fully saturated rings. The molecule has 2 atom stereocenters. The largest absolute Gasteiger partial charge is 0.311 e. The van der Waals surface area contributed by atoms with Crippen molar-refractivity contribution in [2.45, 2.75) is 45.3 Å². The van der Waals surface area contributed by atoms with Crippen molar-refractivity contribution in [3.63, 3.8) is 0 Å². The summed E-state index contributed by atoms with van der Waals surface area (Å²) in [6.07, 6.45) is 4.32. The second-order valence-electron chi connectivity index (χ2n) is 5.03. The lowest BCUT2D eigenvalue weighted by Gasteiger charge is -2.19. The molecular weight excluding hydrogens is 203 g/mol. The predicted molar refractivity (Wildman–Crippen MR) is 67.5 cm³/mol. The molecule has 1 heterocycles. The smallest absolute Gasteiger partial charge is 0.117 e. The van der Waals surface area contributed by atoms with Crippen molar-refractivity contribution in [3.05, 3.63) is 11.6 Å². The van der Waals surface area contributed by atoms with Crippen LogP contribution in [0.15, 0.2) is 11.6 Å². The lowest BCUT2D eigenvalue weighted by molar-refractivity contribution is 0.256. The Labute approximate surface area is 98.9 Å². The minimum atomic E-state index is -0.633. The summed E-state index contributed by atoms with van der Waals surface area (Å²) in [4.78, 5) is 2.28. The van der Waals surface area contributed by atoms with Gasteiger partial charge in [0.05, 0.1) is 0 Å². The van der Waals surface area contributed by atoms with Crippen LogP contribution in [0.4, 0.5) is 4.39 Å². The minimum Gasteiger partial charge on any atom is -0.311 e. The Balaban J connectivity index is 2.10. The Morgan fingerprint density at radius 1 is 1.44 bits per heavy atom. The normalized spacial score (nSPS) is 25.1. The topological polar surface area (TPSA) is 15.3 Å². The summed E-state index contributed by atoms with van der Waals surface area (Å²) in [6.45, 7) is 7.13. The monoisotopic (exact) mass is 228 g/mol. The Bertz CT molecular complexity index is 224. The number of halogens is 1. The molecule has 3 heteroatoms. The quantitative estimate of drug-likeness (QED) is 0.702. The number of hydrogen-bond donors (Lipinski definition) is 1. The highest BCUT2D eigenvalue weighted by molar-refractivity contribution is 4.93. The van der Waals surface area contributed by atoms with Crippen LogP contribution < -0.4 is 5.32 Å². The Hall–Kier alpha value is -0.410. The van der Waals surface area contributed by atoms with Gasteiger partial charge in [0.1, 0.15) is 6.17 Å². The number of nitrogens with one attached hydrogen (secondary N) is 1. The maximum atomic E-state index is 13.3. The van der Waals surface area contributed by atoms with Crippen LogP contribution in [0.2, 0.25) is 0 Å². The first-order chi connectivity index (χ1) is 7.59. The summed E-state index contributed by atoms with van der Waals surface area (Å²) in [7, 11) is 2.11. The summed E-state index contributed by atoms with van der Waals surface area (Å²) in [5, 5.41) is 3.22. The third-order valence-corrected chi connectivity index (χ3v) is 3.15. The van der Waals surface area contributed by atoms with Crippen molar-refractivity contribution in [2.24, 2.45) is 0 Å². The molecule has 1 saturated heterocycles. The molecule has 0 spiro atoms. The van der Waals surface area contributed by atoms with Crippen LogP contribution in [0.3, 0.4) is 0 Å². The number of nitrogens with zero attached hydrogens (tertiary/aromatic N) is 1. The van der Waals surface area contributed by atoms with E-state index in [2.05, 4.69) is 37.2 Å². The zero-order chi connectivity index (χ0) is 12.0. The summed E-state index contributed by atoms with van der Waals surface area (Å²) in [5.74, 6) is 0. The maximum absolute atomic E-state index is 13.3. The first kappa shape index (κ1) is 13.7. The van der Waals surface area contributed by atoms with E-state index < -0.39 is 6.17 Å². The second kappa shape index (κ2) is 7.02. The second-order valence-corrected chi connectivity index (χ2v) is 5.03. The van der Waals surface area contributed by atoms with Crippen LogP contribution in [0, 0.1) is 0 Å². The van der Waals surface area contributed by atoms with Crippen LogP contribution in [-0.2, 0) is 0 Å². The highest BCUT2D eigenvalue weighted by atomic mass is 19.1. The molecule has 0 saturated carbocycles. The zero-order valence-corrected chi connectivity index (χ0v) is 10.8. The molecule has 0 aromatic rings. The number of rotatable bonds is 6. The van der Waals surface area contributed by atoms with Gasteiger partial charge in [0.2, 0.25) is 0 Å². The third kappa shape index (κ3) is 5.08. The fourth-order valence-corrected chi connectivity index (χ4v) is 2.06. The van der Waals surface area contributed by atoms with Gasteiger partial charge in [0.15, 0.2) is 0 Å². The molecule has 2 nitrogen and oxygen atoms in total. The SMILES string of the molecule is CC(C)=CCCN(C)CCC1NCCC1F. The van der Waals surface area contributed by atoms with Crippen LogP contribution >= 0.6 is 0 Å². The number of allylic oxidation sites excluding steroid dienone is 1. The fraction of sp³-hybridized carbons (Fsp3) is 0.846. The zero-order valence-electron chi connectivity index (χ0n) is 10.8. The molecule has 1 N–H and O–H groups in total. The third-order valence-electron chi connectivity index (χ3n) is 3.15. The van der Waals surface area contributed by atoms with Gasteiger partial charge in [-0.25, -0.2) is 4.39 Å². The van der Waals surface area contributed by atoms with E-state index in [4.69, 9.17) is 0 Å². The van der Waals surface area contributed by atoms with Crippen LogP contribution in [0.25, 0.3) is 0 Å². The van der Waals surface area contributed by atoms with E-state index >= 15 is 0 Å². The minimum absolute atomic E-state index is 0.0888. The van der Waals surface area contributed by atoms with E-state index in [0.29, 0.717) is 6.42 Å². The summed E-state index contributed by atoms with van der Waals surface area (Å²) in [5.41, 5.74) is 1.37. The average Bonchev–Trinajstić information content (AvgIpc) is 2.60. The van der Waals surface area contributed by atoms with Crippen molar-refractivity contribution in [2.75, 3.05) is 26.7 Å². The van der Waals surface area contributed by atoms with Gasteiger partial charge in [-0.05, 0) is 53.2 Å². The fourth-order valence-electron chi connectivity index (χ4n) is 2.06. The first-order valence-corrected chi connectivity index (χ1v) is 6.29. The standard InChI is InChI=1S/C13H25FN2/c1-11(2)5-4-9-16(3)10-7-13-12(14)6-8-15-13/h5,12-13,15H,4,6-10H2,1-3H3. The highest BCUT2D eigenvalue weighted by Crippen LogP contribution is 2.14. The van der Waals surface area contributed by atoms with Gasteiger partial charge in [0.25, 0.3) is 0 Å². The van der Waals surface area contributed by atoms with E-state index in [1.165, 1.54) is 5.57 Å².